The van der Waals surface area contributed by atoms with Crippen LogP contribution in [0.1, 0.15) is 0 Å². The molecule has 1 aliphatic rings. The molecule has 0 aliphatic carbocycles. The van der Waals surface area contributed by atoms with Crippen molar-refractivity contribution < 1.29 is 19.5 Å². The Labute approximate surface area is 84.0 Å². The third-order valence-electron chi connectivity index (χ3n) is 1.51. The van der Waals surface area contributed by atoms with Gasteiger partial charge in [-0.3, -0.25) is 24.3 Å². The zero-order chi connectivity index (χ0) is 10.7. The van der Waals surface area contributed by atoms with Crippen LogP contribution in [-0.2, 0) is 14.4 Å². The maximum Gasteiger partial charge on any atom is 0.313 e. The van der Waals surface area contributed by atoms with Crippen LogP contribution in [0.15, 0.2) is 4.99 Å². The maximum atomic E-state index is 11.1. The van der Waals surface area contributed by atoms with Crippen LogP contribution in [0.4, 0.5) is 0 Å². The van der Waals surface area contributed by atoms with E-state index in [1.54, 1.807) is 0 Å². The van der Waals surface area contributed by atoms with E-state index in [1.807, 2.05) is 0 Å². The van der Waals surface area contributed by atoms with Gasteiger partial charge in [-0.2, -0.15) is 0 Å². The van der Waals surface area contributed by atoms with Gasteiger partial charge >= 0.3 is 5.97 Å². The summed E-state index contributed by atoms with van der Waals surface area (Å²) in [6.45, 7) is -0.189. The van der Waals surface area contributed by atoms with Gasteiger partial charge < -0.3 is 5.11 Å². The Hall–Kier alpha value is -1.37. The highest BCUT2D eigenvalue weighted by Gasteiger charge is 2.27. The van der Waals surface area contributed by atoms with Gasteiger partial charge in [0, 0.05) is 7.05 Å². The minimum Gasteiger partial charge on any atom is -0.481 e. The first kappa shape index (κ1) is 10.7. The number of hydrogen-bond donors (Lipinski definition) is 1. The Balaban J connectivity index is 2.66. The molecule has 1 N–H and O–H groups in total. The van der Waals surface area contributed by atoms with Crippen molar-refractivity contribution in [1.29, 1.82) is 0 Å². The number of likely N-dealkylation sites (N-methyl/N-ethyl adjacent to an activating group) is 1. The summed E-state index contributed by atoms with van der Waals surface area (Å²) in [5.74, 6) is -2.39. The molecule has 0 fully saturated rings. The molecule has 0 bridgehead atoms. The molecule has 14 heavy (non-hydrogen) atoms. The number of carbonyl (C=O) groups excluding carboxylic acids is 2. The first-order valence-electron chi connectivity index (χ1n) is 3.72. The number of amidine groups is 1. The summed E-state index contributed by atoms with van der Waals surface area (Å²) >= 11 is 0.923. The first-order valence-corrected chi connectivity index (χ1v) is 4.71. The van der Waals surface area contributed by atoms with Gasteiger partial charge in [0.1, 0.15) is 6.54 Å². The predicted octanol–water partition coefficient (Wildman–Crippen LogP) is -0.799. The second-order valence-corrected chi connectivity index (χ2v) is 3.51. The Bertz CT molecular complexity index is 326. The SMILES string of the molecule is CN1C(=O)C(=O)CN=C1SCC(=O)O. The smallest absolute Gasteiger partial charge is 0.313 e. The minimum atomic E-state index is -0.990. The minimum absolute atomic E-state index is 0.176. The summed E-state index contributed by atoms with van der Waals surface area (Å²) in [5, 5.41) is 8.68. The van der Waals surface area contributed by atoms with Crippen molar-refractivity contribution in [2.45, 2.75) is 0 Å². The number of carboxylic acid groups (broad SMARTS) is 1. The van der Waals surface area contributed by atoms with Crippen molar-refractivity contribution in [2.75, 3.05) is 19.3 Å². The van der Waals surface area contributed by atoms with E-state index in [-0.39, 0.29) is 17.5 Å². The standard InChI is InChI=1S/C7H8N2O4S/c1-9-6(13)4(10)2-8-7(9)14-3-5(11)12/h2-3H2,1H3,(H,11,12). The van der Waals surface area contributed by atoms with E-state index in [0.29, 0.717) is 0 Å². The molecule has 0 saturated heterocycles. The fraction of sp³-hybridized carbons (Fsp3) is 0.429. The van der Waals surface area contributed by atoms with Gasteiger partial charge in [0.2, 0.25) is 5.78 Å². The van der Waals surface area contributed by atoms with Crippen LogP contribution in [0.25, 0.3) is 0 Å². The maximum absolute atomic E-state index is 11.1. The lowest BCUT2D eigenvalue weighted by atomic mass is 10.3. The third kappa shape index (κ3) is 2.32. The number of nitrogens with zero attached hydrogens (tertiary/aromatic N) is 2. The second-order valence-electron chi connectivity index (χ2n) is 2.57. The molecular formula is C7H8N2O4S. The number of Topliss-reactive ketones (excluding diaryl/α,β-unsaturated/α-hetero) is 1. The van der Waals surface area contributed by atoms with Crippen LogP contribution in [0.3, 0.4) is 0 Å². The van der Waals surface area contributed by atoms with E-state index < -0.39 is 17.7 Å². The average molecular weight is 216 g/mol. The topological polar surface area (TPSA) is 87.0 Å². The quantitative estimate of drug-likeness (QED) is 0.611. The van der Waals surface area contributed by atoms with Crippen molar-refractivity contribution in [3.8, 4) is 0 Å². The monoisotopic (exact) mass is 216 g/mol. The molecule has 0 aromatic carbocycles. The van der Waals surface area contributed by atoms with Crippen molar-refractivity contribution in [3.63, 3.8) is 0 Å². The van der Waals surface area contributed by atoms with Crippen LogP contribution in [-0.4, -0.2) is 52.2 Å². The van der Waals surface area contributed by atoms with Gasteiger partial charge in [-0.25, -0.2) is 0 Å². The third-order valence-corrected chi connectivity index (χ3v) is 2.57. The molecule has 0 radical (unpaired) electrons. The Kier molecular flexibility index (Phi) is 3.23. The lowest BCUT2D eigenvalue weighted by molar-refractivity contribution is -0.141. The van der Waals surface area contributed by atoms with E-state index in [0.717, 1.165) is 16.7 Å². The predicted molar refractivity (Wildman–Crippen MR) is 50.2 cm³/mol. The summed E-state index contributed by atoms with van der Waals surface area (Å²) in [7, 11) is 1.40. The molecular weight excluding hydrogens is 208 g/mol. The molecule has 0 atom stereocenters. The van der Waals surface area contributed by atoms with Crippen molar-refractivity contribution in [1.82, 2.24) is 4.90 Å². The van der Waals surface area contributed by atoms with Gasteiger partial charge in [0.15, 0.2) is 5.17 Å². The number of carbonyl (C=O) groups is 3. The molecule has 1 heterocycles. The number of aliphatic carboxylic acids is 1. The molecule has 0 unspecified atom stereocenters. The summed E-state index contributed by atoms with van der Waals surface area (Å²) in [5.41, 5.74) is 0. The highest BCUT2D eigenvalue weighted by atomic mass is 32.2. The normalized spacial score (nSPS) is 16.9. The second kappa shape index (κ2) is 4.23. The molecule has 6 nitrogen and oxygen atoms in total. The number of amides is 1. The number of carboxylic acids is 1. The van der Waals surface area contributed by atoms with E-state index in [1.165, 1.54) is 7.05 Å². The van der Waals surface area contributed by atoms with Gasteiger partial charge in [-0.05, 0) is 0 Å². The van der Waals surface area contributed by atoms with Crippen LogP contribution in [0.2, 0.25) is 0 Å². The van der Waals surface area contributed by atoms with Crippen LogP contribution < -0.4 is 0 Å². The Morgan fingerprint density at radius 2 is 2.29 bits per heavy atom. The highest BCUT2D eigenvalue weighted by Crippen LogP contribution is 2.11. The number of hydrogen-bond acceptors (Lipinski definition) is 5. The van der Waals surface area contributed by atoms with Gasteiger partial charge in [0.05, 0.1) is 5.75 Å². The molecule has 0 saturated carbocycles. The number of ketones is 1. The lowest BCUT2D eigenvalue weighted by Gasteiger charge is -2.20. The molecule has 0 aromatic heterocycles. The van der Waals surface area contributed by atoms with Gasteiger partial charge in [-0.15, -0.1) is 0 Å². The first-order chi connectivity index (χ1) is 6.52. The van der Waals surface area contributed by atoms with E-state index in [9.17, 15) is 14.4 Å². The molecule has 1 amide bonds. The fourth-order valence-corrected chi connectivity index (χ4v) is 1.54. The molecule has 0 aromatic rings. The molecule has 0 spiro atoms. The van der Waals surface area contributed by atoms with Crippen LogP contribution >= 0.6 is 11.8 Å². The van der Waals surface area contributed by atoms with E-state index >= 15 is 0 Å². The van der Waals surface area contributed by atoms with E-state index in [4.69, 9.17) is 5.11 Å². The van der Waals surface area contributed by atoms with E-state index in [2.05, 4.69) is 4.99 Å². The summed E-state index contributed by atoms with van der Waals surface area (Å²) in [4.78, 5) is 37.1. The fourth-order valence-electron chi connectivity index (χ4n) is 0.856. The van der Waals surface area contributed by atoms with Gasteiger partial charge in [-0.1, -0.05) is 11.8 Å². The Morgan fingerprint density at radius 3 is 2.86 bits per heavy atom. The molecule has 1 rings (SSSR count). The van der Waals surface area contributed by atoms with Crippen molar-refractivity contribution in [3.05, 3.63) is 0 Å². The summed E-state index contributed by atoms with van der Waals surface area (Å²) < 4.78 is 0. The van der Waals surface area contributed by atoms with Crippen molar-refractivity contribution in [2.24, 2.45) is 4.99 Å². The van der Waals surface area contributed by atoms with Crippen molar-refractivity contribution >= 4 is 34.6 Å². The molecule has 7 heteroatoms. The van der Waals surface area contributed by atoms with Gasteiger partial charge in [0.25, 0.3) is 5.91 Å². The molecule has 1 aliphatic heterocycles. The van der Waals surface area contributed by atoms with Crippen LogP contribution in [0, 0.1) is 0 Å². The highest BCUT2D eigenvalue weighted by molar-refractivity contribution is 8.14. The number of thioether (sulfide) groups is 1. The summed E-state index contributed by atoms with van der Waals surface area (Å²) in [6.07, 6.45) is 0. The lowest BCUT2D eigenvalue weighted by Crippen LogP contribution is -2.42. The van der Waals surface area contributed by atoms with Crippen LogP contribution in [0.5, 0.6) is 0 Å². The average Bonchev–Trinajstić information content (AvgIpc) is 2.13. The zero-order valence-electron chi connectivity index (χ0n) is 7.39. The molecule has 76 valence electrons. The largest absolute Gasteiger partial charge is 0.481 e. The Morgan fingerprint density at radius 1 is 1.64 bits per heavy atom. The summed E-state index contributed by atoms with van der Waals surface area (Å²) in [6, 6.07) is 0. The zero-order valence-corrected chi connectivity index (χ0v) is 8.21. The number of aliphatic imine (C=N–C) groups is 1. The number of rotatable bonds is 2.